The summed E-state index contributed by atoms with van der Waals surface area (Å²) in [6.07, 6.45) is 1.47. The van der Waals surface area contributed by atoms with E-state index < -0.39 is 21.9 Å². The molecule has 0 heterocycles. The zero-order valence-corrected chi connectivity index (χ0v) is 24.1. The maximum Gasteiger partial charge on any atom is 0.243 e. The van der Waals surface area contributed by atoms with Crippen molar-refractivity contribution in [3.8, 4) is 0 Å². The largest absolute Gasteiger partial charge is 0.354 e. The van der Waals surface area contributed by atoms with Gasteiger partial charge in [-0.2, -0.15) is 0 Å². The zero-order valence-electron chi connectivity index (χ0n) is 23.3. The van der Waals surface area contributed by atoms with Gasteiger partial charge in [0, 0.05) is 32.5 Å². The lowest BCUT2D eigenvalue weighted by molar-refractivity contribution is -0.141. The number of anilines is 1. The summed E-state index contributed by atoms with van der Waals surface area (Å²) in [5.41, 5.74) is 1.73. The zero-order chi connectivity index (χ0) is 29.1. The van der Waals surface area contributed by atoms with E-state index in [-0.39, 0.29) is 49.4 Å². The van der Waals surface area contributed by atoms with Gasteiger partial charge in [0.05, 0.1) is 11.9 Å². The quantitative estimate of drug-likeness (QED) is 0.304. The van der Waals surface area contributed by atoms with Gasteiger partial charge in [0.25, 0.3) is 0 Å². The Labute approximate surface area is 237 Å². The van der Waals surface area contributed by atoms with E-state index in [0.29, 0.717) is 13.0 Å². The number of nitrogens with zero attached hydrogens (tertiary/aromatic N) is 2. The summed E-state index contributed by atoms with van der Waals surface area (Å²) >= 11 is 0. The van der Waals surface area contributed by atoms with Crippen molar-refractivity contribution in [3.63, 3.8) is 0 Å². The highest BCUT2D eigenvalue weighted by molar-refractivity contribution is 7.92. The monoisotopic (exact) mass is 567 g/mol. The van der Waals surface area contributed by atoms with Gasteiger partial charge in [-0.15, -0.1) is 0 Å². The van der Waals surface area contributed by atoms with Crippen molar-refractivity contribution in [1.82, 2.24) is 10.2 Å². The van der Waals surface area contributed by atoms with Crippen LogP contribution in [0, 0.1) is 11.7 Å². The Bertz CT molecular complexity index is 1350. The van der Waals surface area contributed by atoms with E-state index in [1.165, 1.54) is 18.2 Å². The molecule has 0 saturated carbocycles. The van der Waals surface area contributed by atoms with Gasteiger partial charge in [0.1, 0.15) is 11.9 Å². The number of hydrogen-bond donors (Lipinski definition) is 1. The van der Waals surface area contributed by atoms with E-state index in [1.54, 1.807) is 11.0 Å². The molecular formula is C31H38FN3O4S. The second-order valence-corrected chi connectivity index (χ2v) is 12.1. The number of sulfonamides is 1. The van der Waals surface area contributed by atoms with Crippen molar-refractivity contribution in [2.75, 3.05) is 23.7 Å². The lowest BCUT2D eigenvalue weighted by Crippen LogP contribution is -2.51. The molecule has 2 amide bonds. The van der Waals surface area contributed by atoms with Gasteiger partial charge in [-0.1, -0.05) is 86.6 Å². The van der Waals surface area contributed by atoms with Gasteiger partial charge < -0.3 is 10.2 Å². The summed E-state index contributed by atoms with van der Waals surface area (Å²) in [6.45, 7) is 4.62. The number of para-hydroxylation sites is 1. The molecule has 0 saturated heterocycles. The van der Waals surface area contributed by atoms with Crippen molar-refractivity contribution in [3.05, 3.63) is 102 Å². The minimum atomic E-state index is -3.79. The highest BCUT2D eigenvalue weighted by Gasteiger charge is 2.30. The average molecular weight is 568 g/mol. The van der Waals surface area contributed by atoms with Crippen LogP contribution in [-0.4, -0.2) is 50.5 Å². The molecule has 0 aromatic heterocycles. The molecule has 3 rings (SSSR count). The third kappa shape index (κ3) is 9.19. The maximum atomic E-state index is 14.4. The van der Waals surface area contributed by atoms with Gasteiger partial charge in [0.15, 0.2) is 0 Å². The Kier molecular flexibility index (Phi) is 11.3. The van der Waals surface area contributed by atoms with Crippen LogP contribution in [-0.2, 0) is 32.6 Å². The topological polar surface area (TPSA) is 86.8 Å². The van der Waals surface area contributed by atoms with Gasteiger partial charge in [-0.25, -0.2) is 12.8 Å². The van der Waals surface area contributed by atoms with Crippen molar-refractivity contribution in [1.29, 1.82) is 0 Å². The summed E-state index contributed by atoms with van der Waals surface area (Å²) in [7, 11) is -3.79. The van der Waals surface area contributed by atoms with Crippen molar-refractivity contribution in [2.24, 2.45) is 5.92 Å². The number of amides is 2. The maximum absolute atomic E-state index is 14.4. The number of hydrogen-bond acceptors (Lipinski definition) is 4. The Balaban J connectivity index is 1.86. The fourth-order valence-corrected chi connectivity index (χ4v) is 5.36. The first-order valence-electron chi connectivity index (χ1n) is 13.4. The Hall–Kier alpha value is -3.72. The van der Waals surface area contributed by atoms with Crippen LogP contribution in [0.1, 0.15) is 37.8 Å². The first-order valence-corrected chi connectivity index (χ1v) is 15.3. The summed E-state index contributed by atoms with van der Waals surface area (Å²) in [5.74, 6) is -0.952. The molecule has 0 aliphatic rings. The van der Waals surface area contributed by atoms with Gasteiger partial charge >= 0.3 is 0 Å². The number of carbonyl (C=O) groups excluding carboxylic acids is 2. The molecule has 0 unspecified atom stereocenters. The predicted octanol–water partition coefficient (Wildman–Crippen LogP) is 4.78. The molecule has 214 valence electrons. The summed E-state index contributed by atoms with van der Waals surface area (Å²) in [6, 6.07) is 23.8. The number of nitrogens with one attached hydrogen (secondary N) is 1. The minimum Gasteiger partial charge on any atom is -0.354 e. The molecule has 0 radical (unpaired) electrons. The summed E-state index contributed by atoms with van der Waals surface area (Å²) < 4.78 is 40.4. The number of rotatable bonds is 14. The van der Waals surface area contributed by atoms with Crippen LogP contribution in [0.2, 0.25) is 0 Å². The van der Waals surface area contributed by atoms with Crippen LogP contribution in [0.4, 0.5) is 10.1 Å². The number of carbonyl (C=O) groups is 2. The van der Waals surface area contributed by atoms with Gasteiger partial charge in [0.2, 0.25) is 21.8 Å². The Morgan fingerprint density at radius 2 is 1.45 bits per heavy atom. The standard InChI is InChI=1S/C31H38FN3O4S/c1-24(2)22-33-31(37)29(21-25-13-6-4-7-14-25)34(23-26-15-8-5-9-16-26)30(36)19-12-20-35(40(3,38)39)28-18-11-10-17-27(28)32/h4-11,13-18,24,29H,12,19-23H2,1-3H3,(H,33,37)/t29-/m0/s1. The Morgan fingerprint density at radius 3 is 2.02 bits per heavy atom. The van der Waals surface area contributed by atoms with Crippen LogP contribution in [0.5, 0.6) is 0 Å². The van der Waals surface area contributed by atoms with E-state index >= 15 is 0 Å². The van der Waals surface area contributed by atoms with Crippen LogP contribution < -0.4 is 9.62 Å². The molecule has 9 heteroatoms. The SMILES string of the molecule is CC(C)CNC(=O)[C@H](Cc1ccccc1)N(Cc1ccccc1)C(=O)CCCN(c1ccccc1F)S(C)(=O)=O. The molecule has 1 N–H and O–H groups in total. The lowest BCUT2D eigenvalue weighted by atomic mass is 10.0. The van der Waals surface area contributed by atoms with E-state index in [4.69, 9.17) is 0 Å². The lowest BCUT2D eigenvalue weighted by Gasteiger charge is -2.32. The molecule has 3 aromatic rings. The van der Waals surface area contributed by atoms with Gasteiger partial charge in [-0.3, -0.25) is 13.9 Å². The second kappa shape index (κ2) is 14.6. The molecule has 3 aromatic carbocycles. The highest BCUT2D eigenvalue weighted by Crippen LogP contribution is 2.23. The predicted molar refractivity (Wildman–Crippen MR) is 157 cm³/mol. The summed E-state index contributed by atoms with van der Waals surface area (Å²) in [5, 5.41) is 2.98. The van der Waals surface area contributed by atoms with E-state index in [1.807, 2.05) is 74.5 Å². The van der Waals surface area contributed by atoms with Crippen molar-refractivity contribution < 1.29 is 22.4 Å². The molecule has 0 aliphatic carbocycles. The molecule has 1 atom stereocenters. The molecule has 0 spiro atoms. The number of halogens is 1. The third-order valence-corrected chi connectivity index (χ3v) is 7.60. The normalized spacial score (nSPS) is 12.1. The fraction of sp³-hybridized carbons (Fsp3) is 0.355. The van der Waals surface area contributed by atoms with E-state index in [2.05, 4.69) is 5.32 Å². The summed E-state index contributed by atoms with van der Waals surface area (Å²) in [4.78, 5) is 28.8. The molecule has 0 bridgehead atoms. The van der Waals surface area contributed by atoms with Crippen LogP contribution in [0.3, 0.4) is 0 Å². The second-order valence-electron chi connectivity index (χ2n) is 10.2. The highest BCUT2D eigenvalue weighted by atomic mass is 32.2. The fourth-order valence-electron chi connectivity index (χ4n) is 4.39. The van der Waals surface area contributed by atoms with Crippen molar-refractivity contribution >= 4 is 27.5 Å². The first kappa shape index (κ1) is 30.8. The molecule has 7 nitrogen and oxygen atoms in total. The minimum absolute atomic E-state index is 0.0178. The first-order chi connectivity index (χ1) is 19.1. The molecular weight excluding hydrogens is 529 g/mol. The molecule has 0 fully saturated rings. The van der Waals surface area contributed by atoms with Crippen LogP contribution >= 0.6 is 0 Å². The van der Waals surface area contributed by atoms with E-state index in [0.717, 1.165) is 21.7 Å². The van der Waals surface area contributed by atoms with Crippen molar-refractivity contribution in [2.45, 2.75) is 45.7 Å². The smallest absolute Gasteiger partial charge is 0.243 e. The number of benzene rings is 3. The van der Waals surface area contributed by atoms with E-state index in [9.17, 15) is 22.4 Å². The van der Waals surface area contributed by atoms with Crippen LogP contribution in [0.25, 0.3) is 0 Å². The molecule has 0 aliphatic heterocycles. The average Bonchev–Trinajstić information content (AvgIpc) is 2.92. The Morgan fingerprint density at radius 1 is 0.875 bits per heavy atom. The van der Waals surface area contributed by atoms with Crippen LogP contribution in [0.15, 0.2) is 84.9 Å². The molecule has 40 heavy (non-hydrogen) atoms. The van der Waals surface area contributed by atoms with Gasteiger partial charge in [-0.05, 0) is 35.6 Å². The third-order valence-electron chi connectivity index (χ3n) is 6.42.